The molecule has 96 valence electrons. The number of nitrogens with one attached hydrogen (secondary N) is 1. The van der Waals surface area contributed by atoms with E-state index in [1.54, 1.807) is 0 Å². The lowest BCUT2D eigenvalue weighted by Crippen LogP contribution is -2.33. The second kappa shape index (κ2) is 6.93. The SMILES string of the molecule is CCOCCS(=O)(=O)NCC1CCCC1Br. The number of alkyl halides is 1. The van der Waals surface area contributed by atoms with E-state index in [1.807, 2.05) is 6.92 Å². The summed E-state index contributed by atoms with van der Waals surface area (Å²) in [6.07, 6.45) is 3.43. The topological polar surface area (TPSA) is 55.4 Å². The third-order valence-corrected chi connectivity index (χ3v) is 5.35. The summed E-state index contributed by atoms with van der Waals surface area (Å²) in [4.78, 5) is 0.460. The normalized spacial score (nSPS) is 26.1. The zero-order valence-electron chi connectivity index (χ0n) is 9.62. The molecule has 6 heteroatoms. The minimum atomic E-state index is -3.16. The predicted octanol–water partition coefficient (Wildman–Crippen LogP) is 1.51. The molecule has 0 saturated heterocycles. The molecular formula is C10H20BrNO3S. The number of ether oxygens (including phenoxy) is 1. The van der Waals surface area contributed by atoms with Crippen molar-refractivity contribution in [2.24, 2.45) is 5.92 Å². The summed E-state index contributed by atoms with van der Waals surface area (Å²) in [5.74, 6) is 0.488. The van der Waals surface area contributed by atoms with Gasteiger partial charge in [-0.2, -0.15) is 0 Å². The maximum atomic E-state index is 11.6. The van der Waals surface area contributed by atoms with Gasteiger partial charge in [-0.15, -0.1) is 0 Å². The summed E-state index contributed by atoms with van der Waals surface area (Å²) in [5, 5.41) is 0. The highest BCUT2D eigenvalue weighted by Crippen LogP contribution is 2.30. The largest absolute Gasteiger partial charge is 0.381 e. The molecule has 1 N–H and O–H groups in total. The highest BCUT2D eigenvalue weighted by Gasteiger charge is 2.25. The lowest BCUT2D eigenvalue weighted by molar-refractivity contribution is 0.163. The van der Waals surface area contributed by atoms with Crippen molar-refractivity contribution in [3.8, 4) is 0 Å². The summed E-state index contributed by atoms with van der Waals surface area (Å²) in [6, 6.07) is 0. The fourth-order valence-electron chi connectivity index (χ4n) is 1.84. The Morgan fingerprint density at radius 1 is 1.44 bits per heavy atom. The van der Waals surface area contributed by atoms with Gasteiger partial charge in [-0.3, -0.25) is 0 Å². The van der Waals surface area contributed by atoms with Crippen molar-refractivity contribution in [2.75, 3.05) is 25.5 Å². The molecular weight excluding hydrogens is 294 g/mol. The van der Waals surface area contributed by atoms with Crippen LogP contribution >= 0.6 is 15.9 Å². The second-order valence-corrected chi connectivity index (χ2v) is 7.17. The standard InChI is InChI=1S/C10H20BrNO3S/c1-2-15-6-7-16(13,14)12-8-9-4-3-5-10(9)11/h9-10,12H,2-8H2,1H3. The van der Waals surface area contributed by atoms with Crippen molar-refractivity contribution in [1.29, 1.82) is 0 Å². The predicted molar refractivity (Wildman–Crippen MR) is 68.3 cm³/mol. The van der Waals surface area contributed by atoms with E-state index < -0.39 is 10.0 Å². The first-order valence-electron chi connectivity index (χ1n) is 5.74. The van der Waals surface area contributed by atoms with Gasteiger partial charge in [-0.25, -0.2) is 13.1 Å². The zero-order valence-corrected chi connectivity index (χ0v) is 12.0. The molecule has 0 aromatic rings. The van der Waals surface area contributed by atoms with E-state index in [0.29, 0.717) is 23.9 Å². The van der Waals surface area contributed by atoms with E-state index in [-0.39, 0.29) is 12.4 Å². The Balaban J connectivity index is 2.24. The molecule has 0 radical (unpaired) electrons. The van der Waals surface area contributed by atoms with Gasteiger partial charge in [0.1, 0.15) is 0 Å². The van der Waals surface area contributed by atoms with Crippen molar-refractivity contribution in [3.05, 3.63) is 0 Å². The van der Waals surface area contributed by atoms with Crippen LogP contribution in [0.2, 0.25) is 0 Å². The summed E-state index contributed by atoms with van der Waals surface area (Å²) in [5.41, 5.74) is 0. The molecule has 16 heavy (non-hydrogen) atoms. The van der Waals surface area contributed by atoms with E-state index in [9.17, 15) is 8.42 Å². The van der Waals surface area contributed by atoms with E-state index in [2.05, 4.69) is 20.7 Å². The Hall–Kier alpha value is 0.350. The van der Waals surface area contributed by atoms with Crippen LogP contribution in [0.25, 0.3) is 0 Å². The van der Waals surface area contributed by atoms with Crippen LogP contribution in [-0.4, -0.2) is 38.8 Å². The van der Waals surface area contributed by atoms with Crippen molar-refractivity contribution in [3.63, 3.8) is 0 Å². The van der Waals surface area contributed by atoms with Gasteiger partial charge < -0.3 is 4.74 Å². The lowest BCUT2D eigenvalue weighted by atomic mass is 10.1. The van der Waals surface area contributed by atoms with Gasteiger partial charge in [-0.1, -0.05) is 22.4 Å². The molecule has 1 rings (SSSR count). The van der Waals surface area contributed by atoms with Gasteiger partial charge in [-0.05, 0) is 25.7 Å². The molecule has 1 fully saturated rings. The van der Waals surface area contributed by atoms with Gasteiger partial charge in [0.2, 0.25) is 10.0 Å². The number of hydrogen-bond donors (Lipinski definition) is 1. The fourth-order valence-corrected chi connectivity index (χ4v) is 3.57. The third kappa shape index (κ3) is 5.12. The Kier molecular flexibility index (Phi) is 6.25. The highest BCUT2D eigenvalue weighted by molar-refractivity contribution is 9.09. The zero-order chi connectivity index (χ0) is 12.0. The Bertz CT molecular complexity index is 294. The summed E-state index contributed by atoms with van der Waals surface area (Å²) < 4.78 is 30.8. The molecule has 0 aromatic carbocycles. The van der Waals surface area contributed by atoms with Crippen LogP contribution in [-0.2, 0) is 14.8 Å². The number of rotatable bonds is 7. The van der Waals surface area contributed by atoms with Crippen LogP contribution in [0.5, 0.6) is 0 Å². The lowest BCUT2D eigenvalue weighted by Gasteiger charge is -2.14. The summed E-state index contributed by atoms with van der Waals surface area (Å²) in [6.45, 7) is 3.23. The molecule has 2 unspecified atom stereocenters. The van der Waals surface area contributed by atoms with Crippen LogP contribution in [0.15, 0.2) is 0 Å². The third-order valence-electron chi connectivity index (χ3n) is 2.83. The summed E-state index contributed by atoms with van der Waals surface area (Å²) in [7, 11) is -3.16. The molecule has 0 aliphatic heterocycles. The molecule has 0 aromatic heterocycles. The maximum absolute atomic E-state index is 11.6. The van der Waals surface area contributed by atoms with E-state index in [0.717, 1.165) is 12.8 Å². The van der Waals surface area contributed by atoms with Crippen molar-refractivity contribution >= 4 is 26.0 Å². The first-order chi connectivity index (χ1) is 7.55. The number of hydrogen-bond acceptors (Lipinski definition) is 3. The van der Waals surface area contributed by atoms with Crippen LogP contribution in [0.3, 0.4) is 0 Å². The second-order valence-electron chi connectivity index (χ2n) is 4.07. The van der Waals surface area contributed by atoms with E-state index >= 15 is 0 Å². The average Bonchev–Trinajstić information content (AvgIpc) is 2.62. The van der Waals surface area contributed by atoms with Crippen LogP contribution in [0, 0.1) is 5.92 Å². The quantitative estimate of drug-likeness (QED) is 0.572. The van der Waals surface area contributed by atoms with Gasteiger partial charge in [0.15, 0.2) is 0 Å². The Morgan fingerprint density at radius 3 is 2.75 bits per heavy atom. The van der Waals surface area contributed by atoms with E-state index in [4.69, 9.17) is 4.74 Å². The molecule has 4 nitrogen and oxygen atoms in total. The molecule has 2 atom stereocenters. The van der Waals surface area contributed by atoms with Crippen molar-refractivity contribution < 1.29 is 13.2 Å². The van der Waals surface area contributed by atoms with Crippen molar-refractivity contribution in [2.45, 2.75) is 31.0 Å². The van der Waals surface area contributed by atoms with Crippen molar-refractivity contribution in [1.82, 2.24) is 4.72 Å². The van der Waals surface area contributed by atoms with Gasteiger partial charge in [0.05, 0.1) is 12.4 Å². The molecule has 1 aliphatic rings. The maximum Gasteiger partial charge on any atom is 0.213 e. The Labute approximate surface area is 106 Å². The van der Waals surface area contributed by atoms with Gasteiger partial charge >= 0.3 is 0 Å². The number of halogens is 1. The van der Waals surface area contributed by atoms with Crippen LogP contribution < -0.4 is 4.72 Å². The summed E-state index contributed by atoms with van der Waals surface area (Å²) >= 11 is 3.58. The Morgan fingerprint density at radius 2 is 2.19 bits per heavy atom. The van der Waals surface area contributed by atoms with Gasteiger partial charge in [0.25, 0.3) is 0 Å². The molecule has 0 bridgehead atoms. The molecule has 1 saturated carbocycles. The molecule has 0 spiro atoms. The highest BCUT2D eigenvalue weighted by atomic mass is 79.9. The first kappa shape index (κ1) is 14.4. The average molecular weight is 314 g/mol. The minimum Gasteiger partial charge on any atom is -0.381 e. The smallest absolute Gasteiger partial charge is 0.213 e. The first-order valence-corrected chi connectivity index (χ1v) is 8.31. The van der Waals surface area contributed by atoms with Gasteiger partial charge in [0, 0.05) is 18.0 Å². The van der Waals surface area contributed by atoms with Crippen LogP contribution in [0.1, 0.15) is 26.2 Å². The molecule has 0 heterocycles. The monoisotopic (exact) mass is 313 g/mol. The minimum absolute atomic E-state index is 0.0561. The van der Waals surface area contributed by atoms with E-state index in [1.165, 1.54) is 6.42 Å². The number of sulfonamides is 1. The molecule has 0 amide bonds. The molecule has 1 aliphatic carbocycles. The van der Waals surface area contributed by atoms with Crippen LogP contribution in [0.4, 0.5) is 0 Å². The fraction of sp³-hybridized carbons (Fsp3) is 1.00.